The number of halogens is 1. The highest BCUT2D eigenvalue weighted by Gasteiger charge is 2.07. The van der Waals surface area contributed by atoms with Crippen LogP contribution >= 0.6 is 0 Å². The Morgan fingerprint density at radius 1 is 0.541 bits per heavy atom. The first-order valence-electron chi connectivity index (χ1n) is 14.1. The molecule has 0 amide bonds. The van der Waals surface area contributed by atoms with Crippen LogP contribution in [0.4, 0.5) is 4.39 Å². The fraction of sp³-hybridized carbons (Fsp3) is 0.333. The Hall–Kier alpha value is -3.37. The van der Waals surface area contributed by atoms with Gasteiger partial charge in [-0.3, -0.25) is 0 Å². The summed E-state index contributed by atoms with van der Waals surface area (Å²) in [6, 6.07) is 27.3. The quantitative estimate of drug-likeness (QED) is 0.145. The summed E-state index contributed by atoms with van der Waals surface area (Å²) >= 11 is 0. The molecule has 0 aromatic heterocycles. The first-order chi connectivity index (χ1) is 18.2. The van der Waals surface area contributed by atoms with Crippen molar-refractivity contribution in [3.05, 3.63) is 118 Å². The van der Waals surface area contributed by atoms with E-state index in [4.69, 9.17) is 0 Å². The van der Waals surface area contributed by atoms with Crippen LogP contribution in [-0.4, -0.2) is 0 Å². The van der Waals surface area contributed by atoms with Crippen molar-refractivity contribution in [2.45, 2.75) is 78.1 Å². The van der Waals surface area contributed by atoms with E-state index >= 15 is 4.39 Å². The SMILES string of the molecule is CCCCCCc1ccc2c(F)c(C#Cc3ccc(CCc4ccc(CCCC)cc4)cc3)ccc2c1. The molecule has 37 heavy (non-hydrogen) atoms. The van der Waals surface area contributed by atoms with Crippen LogP contribution in [0.1, 0.15) is 85.8 Å². The van der Waals surface area contributed by atoms with Gasteiger partial charge in [0, 0.05) is 10.9 Å². The number of benzene rings is 4. The predicted octanol–water partition coefficient (Wildman–Crippen LogP) is 9.63. The summed E-state index contributed by atoms with van der Waals surface area (Å²) in [6.07, 6.45) is 11.7. The number of hydrogen-bond acceptors (Lipinski definition) is 0. The topological polar surface area (TPSA) is 0 Å². The molecule has 0 heterocycles. The van der Waals surface area contributed by atoms with Gasteiger partial charge in [0.15, 0.2) is 0 Å². The molecule has 0 saturated carbocycles. The molecule has 4 aromatic carbocycles. The van der Waals surface area contributed by atoms with E-state index in [0.717, 1.165) is 30.2 Å². The van der Waals surface area contributed by atoms with Crippen molar-refractivity contribution in [3.8, 4) is 11.8 Å². The third kappa shape index (κ3) is 7.80. The molecule has 0 radical (unpaired) electrons. The van der Waals surface area contributed by atoms with Crippen molar-refractivity contribution in [2.24, 2.45) is 0 Å². The number of rotatable bonds is 11. The molecule has 0 bridgehead atoms. The second-order valence-electron chi connectivity index (χ2n) is 10.2. The molecule has 0 N–H and O–H groups in total. The third-order valence-corrected chi connectivity index (χ3v) is 7.18. The Balaban J connectivity index is 1.36. The normalized spacial score (nSPS) is 10.9. The molecule has 0 nitrogen and oxygen atoms in total. The van der Waals surface area contributed by atoms with Crippen molar-refractivity contribution in [3.63, 3.8) is 0 Å². The average molecular weight is 491 g/mol. The van der Waals surface area contributed by atoms with Gasteiger partial charge in [0.05, 0.1) is 5.56 Å². The molecule has 0 aliphatic heterocycles. The molecule has 0 saturated heterocycles. The maximum Gasteiger partial charge on any atom is 0.146 e. The zero-order chi connectivity index (χ0) is 25.9. The van der Waals surface area contributed by atoms with Gasteiger partial charge in [-0.1, -0.05) is 112 Å². The Bertz CT molecular complexity index is 1330. The second kappa shape index (κ2) is 13.8. The zero-order valence-corrected chi connectivity index (χ0v) is 22.5. The first kappa shape index (κ1) is 26.7. The summed E-state index contributed by atoms with van der Waals surface area (Å²) in [5, 5.41) is 1.61. The molecular weight excluding hydrogens is 451 g/mol. The molecular formula is C36H39F. The highest BCUT2D eigenvalue weighted by atomic mass is 19.1. The maximum atomic E-state index is 15.2. The molecule has 1 heteroatoms. The highest BCUT2D eigenvalue weighted by molar-refractivity contribution is 5.85. The smallest absolute Gasteiger partial charge is 0.146 e. The van der Waals surface area contributed by atoms with E-state index in [0.29, 0.717) is 10.9 Å². The fourth-order valence-corrected chi connectivity index (χ4v) is 4.79. The van der Waals surface area contributed by atoms with Crippen LogP contribution in [0, 0.1) is 17.7 Å². The molecule has 0 aliphatic rings. The maximum absolute atomic E-state index is 15.2. The second-order valence-corrected chi connectivity index (χ2v) is 10.2. The summed E-state index contributed by atoms with van der Waals surface area (Å²) in [5.74, 6) is 5.99. The summed E-state index contributed by atoms with van der Waals surface area (Å²) in [5.41, 5.74) is 6.74. The lowest BCUT2D eigenvalue weighted by molar-refractivity contribution is 0.636. The molecule has 4 aromatic rings. The molecule has 190 valence electrons. The van der Waals surface area contributed by atoms with Gasteiger partial charge >= 0.3 is 0 Å². The third-order valence-electron chi connectivity index (χ3n) is 7.18. The van der Waals surface area contributed by atoms with Crippen LogP contribution in [0.3, 0.4) is 0 Å². The summed E-state index contributed by atoms with van der Waals surface area (Å²) in [4.78, 5) is 0. The first-order valence-corrected chi connectivity index (χ1v) is 14.1. The summed E-state index contributed by atoms with van der Waals surface area (Å²) in [6.45, 7) is 4.46. The van der Waals surface area contributed by atoms with Crippen molar-refractivity contribution in [1.82, 2.24) is 0 Å². The van der Waals surface area contributed by atoms with Crippen molar-refractivity contribution in [1.29, 1.82) is 0 Å². The number of unbranched alkanes of at least 4 members (excludes halogenated alkanes) is 4. The predicted molar refractivity (Wildman–Crippen MR) is 157 cm³/mol. The number of hydrogen-bond donors (Lipinski definition) is 0. The summed E-state index contributed by atoms with van der Waals surface area (Å²) < 4.78 is 15.2. The molecule has 0 atom stereocenters. The van der Waals surface area contributed by atoms with Gasteiger partial charge < -0.3 is 0 Å². The zero-order valence-electron chi connectivity index (χ0n) is 22.5. The molecule has 0 spiro atoms. The minimum absolute atomic E-state index is 0.222. The average Bonchev–Trinajstić information content (AvgIpc) is 2.94. The van der Waals surface area contributed by atoms with Crippen LogP contribution in [0.5, 0.6) is 0 Å². The number of aryl methyl sites for hydroxylation is 4. The van der Waals surface area contributed by atoms with Gasteiger partial charge in [0.2, 0.25) is 0 Å². The van der Waals surface area contributed by atoms with Gasteiger partial charge in [-0.2, -0.15) is 0 Å². The minimum Gasteiger partial charge on any atom is -0.205 e. The van der Waals surface area contributed by atoms with Crippen LogP contribution in [-0.2, 0) is 25.7 Å². The van der Waals surface area contributed by atoms with E-state index in [2.05, 4.69) is 74.2 Å². The van der Waals surface area contributed by atoms with Gasteiger partial charge in [-0.15, -0.1) is 0 Å². The van der Waals surface area contributed by atoms with Crippen LogP contribution in [0.15, 0.2) is 78.9 Å². The molecule has 0 fully saturated rings. The Morgan fingerprint density at radius 3 is 1.81 bits per heavy atom. The van der Waals surface area contributed by atoms with Gasteiger partial charge in [-0.25, -0.2) is 4.39 Å². The van der Waals surface area contributed by atoms with Crippen LogP contribution in [0.25, 0.3) is 10.8 Å². The lowest BCUT2D eigenvalue weighted by Crippen LogP contribution is -1.93. The Kier molecular flexibility index (Phi) is 9.96. The fourth-order valence-electron chi connectivity index (χ4n) is 4.79. The van der Waals surface area contributed by atoms with E-state index in [9.17, 15) is 0 Å². The summed E-state index contributed by atoms with van der Waals surface area (Å²) in [7, 11) is 0. The van der Waals surface area contributed by atoms with Crippen LogP contribution < -0.4 is 0 Å². The van der Waals surface area contributed by atoms with Gasteiger partial charge in [0.1, 0.15) is 5.82 Å². The van der Waals surface area contributed by atoms with E-state index in [1.54, 1.807) is 0 Å². The molecule has 4 rings (SSSR count). The van der Waals surface area contributed by atoms with E-state index in [1.807, 2.05) is 30.3 Å². The van der Waals surface area contributed by atoms with E-state index < -0.39 is 0 Å². The van der Waals surface area contributed by atoms with E-state index in [-0.39, 0.29) is 5.82 Å². The molecule has 0 aliphatic carbocycles. The lowest BCUT2D eigenvalue weighted by atomic mass is 10.00. The van der Waals surface area contributed by atoms with Gasteiger partial charge in [0.25, 0.3) is 0 Å². The highest BCUT2D eigenvalue weighted by Crippen LogP contribution is 2.23. The van der Waals surface area contributed by atoms with Crippen molar-refractivity contribution >= 4 is 10.8 Å². The van der Waals surface area contributed by atoms with Gasteiger partial charge in [-0.05, 0) is 84.4 Å². The van der Waals surface area contributed by atoms with Crippen molar-refractivity contribution in [2.75, 3.05) is 0 Å². The standard InChI is InChI=1S/C36H39F/c1-3-5-7-8-10-32-22-26-35-34(27-32)25-24-33(36(35)37)23-21-31-19-17-30(18-20-31)16-15-29-13-11-28(12-14-29)9-6-4-2/h11-14,17-20,22,24-27H,3-10,15-16H2,1-2H3. The molecule has 0 unspecified atom stereocenters. The number of fused-ring (bicyclic) bond motifs is 1. The van der Waals surface area contributed by atoms with Crippen molar-refractivity contribution < 1.29 is 4.39 Å². The Labute approximate surface area is 223 Å². The Morgan fingerprint density at radius 2 is 1.14 bits per heavy atom. The largest absolute Gasteiger partial charge is 0.205 e. The lowest BCUT2D eigenvalue weighted by Gasteiger charge is -2.06. The van der Waals surface area contributed by atoms with Crippen LogP contribution in [0.2, 0.25) is 0 Å². The minimum atomic E-state index is -0.222. The van der Waals surface area contributed by atoms with E-state index in [1.165, 1.54) is 67.2 Å². The monoisotopic (exact) mass is 490 g/mol.